The van der Waals surface area contributed by atoms with E-state index in [0.29, 0.717) is 6.42 Å². The van der Waals surface area contributed by atoms with E-state index in [1.807, 2.05) is 48.7 Å². The lowest BCUT2D eigenvalue weighted by molar-refractivity contribution is -0.116. The number of benzene rings is 2. The molecule has 0 radical (unpaired) electrons. The number of carbonyl (C=O) groups is 1. The first-order valence-corrected chi connectivity index (χ1v) is 8.81. The number of anilines is 1. The van der Waals surface area contributed by atoms with Crippen molar-refractivity contribution >= 4 is 44.1 Å². The number of fused-ring (bicyclic) bond motifs is 2. The Morgan fingerprint density at radius 2 is 2.08 bits per heavy atom. The minimum Gasteiger partial charge on any atom is -0.361 e. The molecule has 24 heavy (non-hydrogen) atoms. The summed E-state index contributed by atoms with van der Waals surface area (Å²) in [5.74, 6) is 0.0435. The van der Waals surface area contributed by atoms with E-state index in [4.69, 9.17) is 0 Å². The molecule has 0 fully saturated rings. The van der Waals surface area contributed by atoms with Crippen LogP contribution in [0.15, 0.2) is 54.7 Å². The Labute approximate surface area is 143 Å². The summed E-state index contributed by atoms with van der Waals surface area (Å²) in [6.45, 7) is 0. The molecule has 2 heterocycles. The monoisotopic (exact) mass is 335 g/mol. The zero-order valence-electron chi connectivity index (χ0n) is 13.1. The lowest BCUT2D eigenvalue weighted by Gasteiger charge is -2.05. The van der Waals surface area contributed by atoms with Gasteiger partial charge in [0.05, 0.1) is 15.2 Å². The van der Waals surface area contributed by atoms with Gasteiger partial charge in [-0.25, -0.2) is 4.98 Å². The van der Waals surface area contributed by atoms with Gasteiger partial charge in [0.1, 0.15) is 0 Å². The summed E-state index contributed by atoms with van der Waals surface area (Å²) in [5.41, 5.74) is 2.90. The van der Waals surface area contributed by atoms with Gasteiger partial charge in [-0.1, -0.05) is 18.2 Å². The van der Waals surface area contributed by atoms with Crippen molar-refractivity contribution in [2.24, 2.45) is 0 Å². The molecule has 2 N–H and O–H groups in total. The van der Waals surface area contributed by atoms with E-state index in [1.165, 1.54) is 4.70 Å². The molecule has 0 aliphatic carbocycles. The Hall–Kier alpha value is -2.66. The summed E-state index contributed by atoms with van der Waals surface area (Å²) in [6.07, 6.45) is 4.03. The summed E-state index contributed by atoms with van der Waals surface area (Å²) in [4.78, 5) is 19.9. The predicted molar refractivity (Wildman–Crippen MR) is 99.5 cm³/mol. The van der Waals surface area contributed by atoms with E-state index in [-0.39, 0.29) is 5.91 Å². The van der Waals surface area contributed by atoms with Gasteiger partial charge in [-0.2, -0.15) is 0 Å². The highest BCUT2D eigenvalue weighted by molar-refractivity contribution is 7.18. The molecule has 120 valence electrons. The van der Waals surface area contributed by atoms with Crippen LogP contribution in [-0.2, 0) is 11.2 Å². The second-order valence-electron chi connectivity index (χ2n) is 5.76. The zero-order chi connectivity index (χ0) is 16.4. The van der Waals surface area contributed by atoms with Crippen molar-refractivity contribution in [3.8, 4) is 0 Å². The smallest absolute Gasteiger partial charge is 0.224 e. The Balaban J connectivity index is 1.32. The molecular formula is C19H17N3OS. The lowest BCUT2D eigenvalue weighted by Crippen LogP contribution is -2.11. The van der Waals surface area contributed by atoms with E-state index in [1.54, 1.807) is 11.3 Å². The number of para-hydroxylation sites is 1. The number of nitrogens with zero attached hydrogens (tertiary/aromatic N) is 1. The van der Waals surface area contributed by atoms with Gasteiger partial charge in [0.2, 0.25) is 5.91 Å². The summed E-state index contributed by atoms with van der Waals surface area (Å²) in [7, 11) is 0. The number of thiazole rings is 1. The van der Waals surface area contributed by atoms with Crippen LogP contribution in [0.2, 0.25) is 0 Å². The number of rotatable bonds is 5. The van der Waals surface area contributed by atoms with Crippen LogP contribution in [0.5, 0.6) is 0 Å². The minimum absolute atomic E-state index is 0.0435. The van der Waals surface area contributed by atoms with Gasteiger partial charge >= 0.3 is 0 Å². The largest absolute Gasteiger partial charge is 0.361 e. The number of aromatic amines is 1. The van der Waals surface area contributed by atoms with Crippen molar-refractivity contribution in [1.82, 2.24) is 9.97 Å². The molecule has 0 aliphatic rings. The molecule has 0 atom stereocenters. The first kappa shape index (κ1) is 14.9. The molecule has 2 aromatic heterocycles. The molecule has 5 heteroatoms. The van der Waals surface area contributed by atoms with Crippen molar-refractivity contribution in [2.75, 3.05) is 5.32 Å². The third kappa shape index (κ3) is 3.16. The van der Waals surface area contributed by atoms with Crippen molar-refractivity contribution in [3.05, 3.63) is 59.7 Å². The van der Waals surface area contributed by atoms with Crippen LogP contribution >= 0.6 is 11.3 Å². The van der Waals surface area contributed by atoms with Crippen molar-refractivity contribution in [2.45, 2.75) is 19.3 Å². The Morgan fingerprint density at radius 1 is 1.17 bits per heavy atom. The molecule has 0 bridgehead atoms. The van der Waals surface area contributed by atoms with Gasteiger partial charge in [-0.3, -0.25) is 4.79 Å². The summed E-state index contributed by atoms with van der Waals surface area (Å²) >= 11 is 1.71. The molecule has 0 unspecified atom stereocenters. The average molecular weight is 335 g/mol. The molecule has 0 saturated heterocycles. The molecule has 2 aromatic carbocycles. The van der Waals surface area contributed by atoms with Gasteiger partial charge in [-0.05, 0) is 48.6 Å². The maximum absolute atomic E-state index is 12.1. The van der Waals surface area contributed by atoms with E-state index >= 15 is 0 Å². The number of aryl methyl sites for hydroxylation is 1. The zero-order valence-corrected chi connectivity index (χ0v) is 13.9. The number of H-pyrrole nitrogens is 1. The highest BCUT2D eigenvalue weighted by Crippen LogP contribution is 2.23. The fourth-order valence-electron chi connectivity index (χ4n) is 2.78. The summed E-state index contributed by atoms with van der Waals surface area (Å²) < 4.78 is 1.20. The topological polar surface area (TPSA) is 57.8 Å². The second kappa shape index (κ2) is 6.45. The fourth-order valence-corrected chi connectivity index (χ4v) is 3.79. The molecule has 0 saturated carbocycles. The third-order valence-electron chi connectivity index (χ3n) is 3.97. The summed E-state index contributed by atoms with van der Waals surface area (Å²) in [6, 6.07) is 16.0. The molecule has 0 aliphatic heterocycles. The maximum Gasteiger partial charge on any atom is 0.224 e. The molecule has 4 aromatic rings. The quantitative estimate of drug-likeness (QED) is 0.553. The average Bonchev–Trinajstić information content (AvgIpc) is 3.20. The van der Waals surface area contributed by atoms with E-state index in [2.05, 4.69) is 21.4 Å². The Morgan fingerprint density at radius 3 is 3.00 bits per heavy atom. The number of hydrogen-bond donors (Lipinski definition) is 2. The van der Waals surface area contributed by atoms with Crippen LogP contribution in [0.3, 0.4) is 0 Å². The fraction of sp³-hybridized carbons (Fsp3) is 0.158. The van der Waals surface area contributed by atoms with Gasteiger partial charge in [-0.15, -0.1) is 11.3 Å². The van der Waals surface area contributed by atoms with Crippen molar-refractivity contribution < 1.29 is 4.79 Å². The lowest BCUT2D eigenvalue weighted by atomic mass is 10.2. The third-order valence-corrected chi connectivity index (χ3v) is 5.07. The Bertz CT molecular complexity index is 969. The number of amides is 1. The minimum atomic E-state index is 0.0435. The van der Waals surface area contributed by atoms with E-state index in [9.17, 15) is 4.79 Å². The first-order chi connectivity index (χ1) is 11.8. The molecule has 4 nitrogen and oxygen atoms in total. The standard InChI is InChI=1S/C19H17N3OS/c23-18(21-14-9-8-13-10-11-20-16(13)12-14)6-3-7-19-22-15-4-1-2-5-17(15)24-19/h1-2,4-5,8-12,20H,3,6-7H2,(H,21,23). The second-order valence-corrected chi connectivity index (χ2v) is 6.87. The van der Waals surface area contributed by atoms with Crippen LogP contribution in [0.4, 0.5) is 5.69 Å². The van der Waals surface area contributed by atoms with E-state index in [0.717, 1.165) is 40.0 Å². The van der Waals surface area contributed by atoms with Crippen LogP contribution in [-0.4, -0.2) is 15.9 Å². The maximum atomic E-state index is 12.1. The molecule has 4 rings (SSSR count). The van der Waals surface area contributed by atoms with Crippen LogP contribution in [0.1, 0.15) is 17.8 Å². The number of nitrogens with one attached hydrogen (secondary N) is 2. The normalized spacial score (nSPS) is 11.2. The highest BCUT2D eigenvalue weighted by atomic mass is 32.1. The van der Waals surface area contributed by atoms with Gasteiger partial charge in [0, 0.05) is 23.8 Å². The number of hydrogen-bond acceptors (Lipinski definition) is 3. The van der Waals surface area contributed by atoms with Crippen LogP contribution in [0.25, 0.3) is 21.1 Å². The van der Waals surface area contributed by atoms with E-state index < -0.39 is 0 Å². The van der Waals surface area contributed by atoms with Gasteiger partial charge in [0.25, 0.3) is 0 Å². The van der Waals surface area contributed by atoms with Gasteiger partial charge < -0.3 is 10.3 Å². The molecule has 0 spiro atoms. The summed E-state index contributed by atoms with van der Waals surface area (Å²) in [5, 5.41) is 5.20. The Kier molecular flexibility index (Phi) is 4.01. The first-order valence-electron chi connectivity index (χ1n) is 7.99. The van der Waals surface area contributed by atoms with Crippen LogP contribution in [0, 0.1) is 0 Å². The molecule has 1 amide bonds. The van der Waals surface area contributed by atoms with Crippen molar-refractivity contribution in [1.29, 1.82) is 0 Å². The van der Waals surface area contributed by atoms with Gasteiger partial charge in [0.15, 0.2) is 0 Å². The van der Waals surface area contributed by atoms with Crippen molar-refractivity contribution in [3.63, 3.8) is 0 Å². The van der Waals surface area contributed by atoms with Crippen LogP contribution < -0.4 is 5.32 Å². The number of aromatic nitrogens is 2. The highest BCUT2D eigenvalue weighted by Gasteiger charge is 2.07. The molecular weight excluding hydrogens is 318 g/mol. The number of carbonyl (C=O) groups excluding carboxylic acids is 1. The predicted octanol–water partition coefficient (Wildman–Crippen LogP) is 4.74. The SMILES string of the molecule is O=C(CCCc1nc2ccccc2s1)Nc1ccc2cc[nH]c2c1.